The SMILES string of the molecule is COCc1nc(N2CCCC(C(C)(C)C)CC2)sc1CO. The number of thiazole rings is 1. The zero-order chi connectivity index (χ0) is 15.5. The van der Waals surface area contributed by atoms with E-state index in [1.807, 2.05) is 0 Å². The first-order valence-corrected chi connectivity index (χ1v) is 8.60. The number of aliphatic hydroxyl groups is 1. The Balaban J connectivity index is 2.08. The minimum atomic E-state index is 0.0504. The normalized spacial score (nSPS) is 20.6. The van der Waals surface area contributed by atoms with E-state index in [1.54, 1.807) is 18.4 Å². The number of anilines is 1. The van der Waals surface area contributed by atoms with E-state index in [4.69, 9.17) is 4.74 Å². The summed E-state index contributed by atoms with van der Waals surface area (Å²) in [5.41, 5.74) is 1.27. The largest absolute Gasteiger partial charge is 0.391 e. The molecule has 1 aromatic heterocycles. The average molecular weight is 312 g/mol. The van der Waals surface area contributed by atoms with Crippen molar-refractivity contribution in [3.05, 3.63) is 10.6 Å². The number of hydrogen-bond acceptors (Lipinski definition) is 5. The summed E-state index contributed by atoms with van der Waals surface area (Å²) in [5, 5.41) is 10.5. The molecule has 0 aromatic carbocycles. The lowest BCUT2D eigenvalue weighted by Gasteiger charge is -2.29. The Hall–Kier alpha value is -0.650. The van der Waals surface area contributed by atoms with Crippen molar-refractivity contribution in [1.29, 1.82) is 0 Å². The van der Waals surface area contributed by atoms with Gasteiger partial charge < -0.3 is 14.7 Å². The van der Waals surface area contributed by atoms with Gasteiger partial charge in [-0.2, -0.15) is 0 Å². The molecular formula is C16H28N2O2S. The Morgan fingerprint density at radius 1 is 1.33 bits per heavy atom. The Morgan fingerprint density at radius 3 is 2.71 bits per heavy atom. The first-order valence-electron chi connectivity index (χ1n) is 7.79. The fourth-order valence-corrected chi connectivity index (χ4v) is 4.01. The molecule has 0 saturated carbocycles. The molecule has 0 bridgehead atoms. The van der Waals surface area contributed by atoms with Crippen molar-refractivity contribution in [1.82, 2.24) is 4.98 Å². The van der Waals surface area contributed by atoms with Crippen LogP contribution in [0.25, 0.3) is 0 Å². The van der Waals surface area contributed by atoms with Crippen LogP contribution >= 0.6 is 11.3 Å². The van der Waals surface area contributed by atoms with E-state index < -0.39 is 0 Å². The molecule has 0 radical (unpaired) electrons. The predicted molar refractivity (Wildman–Crippen MR) is 87.8 cm³/mol. The van der Waals surface area contributed by atoms with Crippen LogP contribution in [0.3, 0.4) is 0 Å². The van der Waals surface area contributed by atoms with Gasteiger partial charge in [-0.1, -0.05) is 32.1 Å². The van der Waals surface area contributed by atoms with Crippen molar-refractivity contribution in [3.63, 3.8) is 0 Å². The van der Waals surface area contributed by atoms with Crippen molar-refractivity contribution < 1.29 is 9.84 Å². The van der Waals surface area contributed by atoms with Gasteiger partial charge in [0, 0.05) is 20.2 Å². The van der Waals surface area contributed by atoms with Gasteiger partial charge in [0.2, 0.25) is 0 Å². The molecule has 0 spiro atoms. The number of aliphatic hydroxyl groups excluding tert-OH is 1. The van der Waals surface area contributed by atoms with Gasteiger partial charge in [0.05, 0.1) is 23.8 Å². The second-order valence-electron chi connectivity index (χ2n) is 6.94. The molecule has 5 heteroatoms. The van der Waals surface area contributed by atoms with Crippen molar-refractivity contribution >= 4 is 16.5 Å². The lowest BCUT2D eigenvalue weighted by atomic mass is 9.77. The summed E-state index contributed by atoms with van der Waals surface area (Å²) in [6.45, 7) is 9.69. The quantitative estimate of drug-likeness (QED) is 0.925. The Bertz CT molecular complexity index is 454. The maximum absolute atomic E-state index is 9.46. The number of methoxy groups -OCH3 is 1. The van der Waals surface area contributed by atoms with Crippen LogP contribution in [0, 0.1) is 11.3 Å². The van der Waals surface area contributed by atoms with Crippen LogP contribution in [0.4, 0.5) is 5.13 Å². The van der Waals surface area contributed by atoms with E-state index in [2.05, 4.69) is 30.7 Å². The van der Waals surface area contributed by atoms with Crippen molar-refractivity contribution in [3.8, 4) is 0 Å². The molecule has 1 atom stereocenters. The molecular weight excluding hydrogens is 284 g/mol. The number of rotatable bonds is 4. The van der Waals surface area contributed by atoms with E-state index in [9.17, 15) is 5.11 Å². The molecule has 1 aromatic rings. The summed E-state index contributed by atoms with van der Waals surface area (Å²) in [5.74, 6) is 0.776. The molecule has 2 rings (SSSR count). The van der Waals surface area contributed by atoms with E-state index in [0.29, 0.717) is 12.0 Å². The summed E-state index contributed by atoms with van der Waals surface area (Å²) < 4.78 is 5.17. The molecule has 0 amide bonds. The van der Waals surface area contributed by atoms with Crippen molar-refractivity contribution in [2.24, 2.45) is 11.3 Å². The number of aromatic nitrogens is 1. The van der Waals surface area contributed by atoms with E-state index in [-0.39, 0.29) is 6.61 Å². The summed E-state index contributed by atoms with van der Waals surface area (Å²) >= 11 is 1.61. The minimum Gasteiger partial charge on any atom is -0.391 e. The highest BCUT2D eigenvalue weighted by atomic mass is 32.1. The molecule has 21 heavy (non-hydrogen) atoms. The first-order chi connectivity index (χ1) is 9.95. The van der Waals surface area contributed by atoms with Gasteiger partial charge in [-0.3, -0.25) is 0 Å². The Labute approximate surface area is 132 Å². The maximum atomic E-state index is 9.46. The van der Waals surface area contributed by atoms with Gasteiger partial charge in [-0.05, 0) is 30.6 Å². The molecule has 2 heterocycles. The fourth-order valence-electron chi connectivity index (χ4n) is 3.03. The first kappa shape index (κ1) is 16.7. The molecule has 1 fully saturated rings. The zero-order valence-electron chi connectivity index (χ0n) is 13.7. The van der Waals surface area contributed by atoms with Gasteiger partial charge in [0.1, 0.15) is 0 Å². The van der Waals surface area contributed by atoms with Crippen molar-refractivity contribution in [2.75, 3.05) is 25.1 Å². The van der Waals surface area contributed by atoms with Gasteiger partial charge in [-0.25, -0.2) is 4.98 Å². The topological polar surface area (TPSA) is 45.6 Å². The Morgan fingerprint density at radius 2 is 2.10 bits per heavy atom. The standard InChI is InChI=1S/C16H28N2O2S/c1-16(2,3)12-6-5-8-18(9-7-12)15-17-13(11-20-4)14(10-19)21-15/h12,19H,5-11H2,1-4H3. The monoisotopic (exact) mass is 312 g/mol. The second kappa shape index (κ2) is 7.07. The average Bonchev–Trinajstić information content (AvgIpc) is 2.66. The summed E-state index contributed by atoms with van der Waals surface area (Å²) in [7, 11) is 1.67. The second-order valence-corrected chi connectivity index (χ2v) is 8.00. The number of hydrogen-bond donors (Lipinski definition) is 1. The van der Waals surface area contributed by atoms with Crippen molar-refractivity contribution in [2.45, 2.75) is 53.2 Å². The van der Waals surface area contributed by atoms with Gasteiger partial charge >= 0.3 is 0 Å². The number of nitrogens with zero attached hydrogens (tertiary/aromatic N) is 2. The predicted octanol–water partition coefficient (Wildman–Crippen LogP) is 3.43. The highest BCUT2D eigenvalue weighted by molar-refractivity contribution is 7.15. The van der Waals surface area contributed by atoms with Crippen LogP contribution in [0.2, 0.25) is 0 Å². The molecule has 1 N–H and O–H groups in total. The Kier molecular flexibility index (Phi) is 5.63. The smallest absolute Gasteiger partial charge is 0.185 e. The highest BCUT2D eigenvalue weighted by Gasteiger charge is 2.28. The summed E-state index contributed by atoms with van der Waals surface area (Å²) in [6.07, 6.45) is 3.73. The van der Waals surface area contributed by atoms with Gasteiger partial charge in [-0.15, -0.1) is 0 Å². The lowest BCUT2D eigenvalue weighted by molar-refractivity contribution is 0.179. The third-order valence-corrected chi connectivity index (χ3v) is 5.56. The molecule has 0 aliphatic carbocycles. The van der Waals surface area contributed by atoms with Crippen LogP contribution in [0.1, 0.15) is 50.6 Å². The van der Waals surface area contributed by atoms with Crippen LogP contribution in [-0.4, -0.2) is 30.3 Å². The van der Waals surface area contributed by atoms with Crippen LogP contribution in [-0.2, 0) is 18.0 Å². The third kappa shape index (κ3) is 4.18. The molecule has 1 unspecified atom stereocenters. The summed E-state index contributed by atoms with van der Waals surface area (Å²) in [6, 6.07) is 0. The lowest BCUT2D eigenvalue weighted by Crippen LogP contribution is -2.26. The number of ether oxygens (including phenoxy) is 1. The molecule has 1 saturated heterocycles. The molecule has 1 aliphatic heterocycles. The van der Waals surface area contributed by atoms with Crippen LogP contribution in [0.5, 0.6) is 0 Å². The minimum absolute atomic E-state index is 0.0504. The van der Waals surface area contributed by atoms with Crippen LogP contribution < -0.4 is 4.90 Å². The highest BCUT2D eigenvalue weighted by Crippen LogP contribution is 2.36. The van der Waals surface area contributed by atoms with E-state index in [0.717, 1.165) is 34.7 Å². The molecule has 1 aliphatic rings. The van der Waals surface area contributed by atoms with Gasteiger partial charge in [0.15, 0.2) is 5.13 Å². The molecule has 120 valence electrons. The fraction of sp³-hybridized carbons (Fsp3) is 0.812. The van der Waals surface area contributed by atoms with E-state index >= 15 is 0 Å². The van der Waals surface area contributed by atoms with E-state index in [1.165, 1.54) is 19.3 Å². The summed E-state index contributed by atoms with van der Waals surface area (Å²) in [4.78, 5) is 8.00. The maximum Gasteiger partial charge on any atom is 0.185 e. The van der Waals surface area contributed by atoms with Gasteiger partial charge in [0.25, 0.3) is 0 Å². The molecule has 4 nitrogen and oxygen atoms in total. The van der Waals surface area contributed by atoms with Crippen LogP contribution in [0.15, 0.2) is 0 Å². The zero-order valence-corrected chi connectivity index (χ0v) is 14.5. The third-order valence-electron chi connectivity index (χ3n) is 4.41.